The molecule has 1 unspecified atom stereocenters. The molecule has 0 spiro atoms. The number of carbonyl (C=O) groups is 1. The van der Waals surface area contributed by atoms with Gasteiger partial charge in [-0.1, -0.05) is 6.08 Å². The maximum atomic E-state index is 12.7. The fourth-order valence-corrected chi connectivity index (χ4v) is 2.36. The molecule has 0 fully saturated rings. The lowest BCUT2D eigenvalue weighted by atomic mass is 10.0. The normalized spacial score (nSPS) is 18.1. The van der Waals surface area contributed by atoms with Gasteiger partial charge in [0.25, 0.3) is 6.43 Å². The number of allylic oxidation sites excluding steroid dienone is 1. The molecule has 0 N–H and O–H groups in total. The van der Waals surface area contributed by atoms with Crippen LogP contribution in [0.5, 0.6) is 5.75 Å². The van der Waals surface area contributed by atoms with Gasteiger partial charge in [0.15, 0.2) is 6.61 Å². The van der Waals surface area contributed by atoms with Crippen molar-refractivity contribution in [1.29, 1.82) is 5.26 Å². The zero-order chi connectivity index (χ0) is 16.1. The lowest BCUT2D eigenvalue weighted by Gasteiger charge is -2.31. The van der Waals surface area contributed by atoms with E-state index in [1.807, 2.05) is 6.07 Å². The van der Waals surface area contributed by atoms with Gasteiger partial charge in [-0.15, -0.1) is 11.6 Å². The highest BCUT2D eigenvalue weighted by molar-refractivity contribution is 6.31. The van der Waals surface area contributed by atoms with Crippen molar-refractivity contribution in [2.45, 2.75) is 18.2 Å². The molecule has 1 aliphatic heterocycles. The summed E-state index contributed by atoms with van der Waals surface area (Å²) in [4.78, 5) is 13.0. The average molecular weight is 327 g/mol. The lowest BCUT2D eigenvalue weighted by Crippen LogP contribution is -2.41. The first-order valence-electron chi connectivity index (χ1n) is 6.57. The van der Waals surface area contributed by atoms with E-state index in [0.29, 0.717) is 23.4 Å². The third kappa shape index (κ3) is 3.74. The summed E-state index contributed by atoms with van der Waals surface area (Å²) in [5, 5.41) is 7.63. The number of amides is 1. The van der Waals surface area contributed by atoms with Crippen LogP contribution < -0.4 is 4.74 Å². The number of alkyl halides is 3. The molecule has 4 nitrogen and oxygen atoms in total. The second-order valence-electron chi connectivity index (χ2n) is 4.60. The Bertz CT molecular complexity index is 611. The first-order chi connectivity index (χ1) is 10.5. The number of nitriles is 1. The smallest absolute Gasteiger partial charge is 0.256 e. The van der Waals surface area contributed by atoms with Crippen molar-refractivity contribution in [1.82, 2.24) is 4.90 Å². The summed E-state index contributed by atoms with van der Waals surface area (Å²) >= 11 is 5.85. The van der Waals surface area contributed by atoms with Crippen molar-refractivity contribution in [2.75, 3.05) is 13.2 Å². The molecule has 1 aliphatic rings. The van der Waals surface area contributed by atoms with E-state index in [9.17, 15) is 13.6 Å². The Labute approximate surface area is 131 Å². The van der Waals surface area contributed by atoms with E-state index in [0.717, 1.165) is 4.90 Å². The minimum Gasteiger partial charge on any atom is -0.479 e. The summed E-state index contributed by atoms with van der Waals surface area (Å²) in [5.74, 6) is -0.0343. The van der Waals surface area contributed by atoms with Gasteiger partial charge in [-0.3, -0.25) is 4.79 Å². The quantitative estimate of drug-likeness (QED) is 0.781. The molecule has 1 aromatic carbocycles. The number of hydrogen-bond acceptors (Lipinski definition) is 3. The number of nitrogens with zero attached hydrogens (tertiary/aromatic N) is 2. The number of rotatable bonds is 5. The van der Waals surface area contributed by atoms with Crippen LogP contribution in [0.2, 0.25) is 0 Å². The summed E-state index contributed by atoms with van der Waals surface area (Å²) in [6, 6.07) is 8.39. The summed E-state index contributed by atoms with van der Waals surface area (Å²) in [7, 11) is 0. The number of carbonyl (C=O) groups excluding carboxylic acids is 1. The Morgan fingerprint density at radius 1 is 1.41 bits per heavy atom. The van der Waals surface area contributed by atoms with E-state index in [4.69, 9.17) is 21.6 Å². The molecule has 2 rings (SSSR count). The van der Waals surface area contributed by atoms with Crippen LogP contribution in [0.4, 0.5) is 8.78 Å². The highest BCUT2D eigenvalue weighted by atomic mass is 35.5. The molecule has 1 heterocycles. The van der Waals surface area contributed by atoms with E-state index in [1.54, 1.807) is 30.3 Å². The fraction of sp³-hybridized carbons (Fsp3) is 0.333. The van der Waals surface area contributed by atoms with Crippen LogP contribution in [-0.4, -0.2) is 35.8 Å². The Hall–Kier alpha value is -2.13. The number of ether oxygens (including phenoxy) is 1. The summed E-state index contributed by atoms with van der Waals surface area (Å²) in [6.45, 7) is -0.771. The van der Waals surface area contributed by atoms with E-state index in [-0.39, 0.29) is 6.61 Å². The van der Waals surface area contributed by atoms with Crippen molar-refractivity contribution in [3.63, 3.8) is 0 Å². The Morgan fingerprint density at radius 3 is 2.68 bits per heavy atom. The monoisotopic (exact) mass is 326 g/mol. The van der Waals surface area contributed by atoms with Crippen LogP contribution in [0.25, 0.3) is 5.70 Å². The standard InChI is InChI=1S/C15H13ClF2N2O2/c16-12-5-6-13(20(15(12)21)9-14(17)18)10-1-3-11(4-2-10)22-8-7-19/h1-4,6,12,14H,5,8-9H2. The minimum atomic E-state index is -2.65. The summed E-state index contributed by atoms with van der Waals surface area (Å²) < 4.78 is 30.5. The fourth-order valence-electron chi connectivity index (χ4n) is 2.15. The van der Waals surface area contributed by atoms with Crippen molar-refractivity contribution < 1.29 is 18.3 Å². The van der Waals surface area contributed by atoms with Gasteiger partial charge in [-0.2, -0.15) is 5.26 Å². The molecular formula is C15H13ClF2N2O2. The van der Waals surface area contributed by atoms with Gasteiger partial charge < -0.3 is 9.64 Å². The van der Waals surface area contributed by atoms with Crippen molar-refractivity contribution in [3.05, 3.63) is 35.9 Å². The molecule has 1 aromatic rings. The number of benzene rings is 1. The Kier molecular flexibility index (Phi) is 5.34. The van der Waals surface area contributed by atoms with Gasteiger partial charge in [0, 0.05) is 5.70 Å². The van der Waals surface area contributed by atoms with Gasteiger partial charge >= 0.3 is 0 Å². The zero-order valence-electron chi connectivity index (χ0n) is 11.5. The maximum absolute atomic E-state index is 12.7. The molecule has 0 saturated heterocycles. The predicted octanol–water partition coefficient (Wildman–Crippen LogP) is 3.03. The first kappa shape index (κ1) is 16.2. The van der Waals surface area contributed by atoms with E-state index >= 15 is 0 Å². The van der Waals surface area contributed by atoms with Crippen molar-refractivity contribution in [2.24, 2.45) is 0 Å². The molecule has 0 aliphatic carbocycles. The minimum absolute atomic E-state index is 0.0774. The van der Waals surface area contributed by atoms with Gasteiger partial charge in [-0.05, 0) is 36.2 Å². The maximum Gasteiger partial charge on any atom is 0.256 e. The summed E-state index contributed by atoms with van der Waals surface area (Å²) in [5.41, 5.74) is 1.02. The van der Waals surface area contributed by atoms with E-state index < -0.39 is 24.3 Å². The van der Waals surface area contributed by atoms with Crippen LogP contribution in [0.15, 0.2) is 30.3 Å². The Morgan fingerprint density at radius 2 is 2.09 bits per heavy atom. The SMILES string of the molecule is N#CCOc1ccc(C2=CCC(Cl)C(=O)N2CC(F)F)cc1. The molecule has 0 aromatic heterocycles. The molecular weight excluding hydrogens is 314 g/mol. The lowest BCUT2D eigenvalue weighted by molar-refractivity contribution is -0.129. The van der Waals surface area contributed by atoms with Gasteiger partial charge in [0.2, 0.25) is 5.91 Å². The molecule has 1 atom stereocenters. The zero-order valence-corrected chi connectivity index (χ0v) is 12.3. The first-order valence-corrected chi connectivity index (χ1v) is 7.00. The second kappa shape index (κ2) is 7.23. The van der Waals surface area contributed by atoms with Gasteiger partial charge in [0.1, 0.15) is 17.2 Å². The van der Waals surface area contributed by atoms with Crippen LogP contribution in [-0.2, 0) is 4.79 Å². The van der Waals surface area contributed by atoms with Gasteiger partial charge in [-0.25, -0.2) is 8.78 Å². The predicted molar refractivity (Wildman–Crippen MR) is 77.5 cm³/mol. The van der Waals surface area contributed by atoms with E-state index in [1.165, 1.54) is 0 Å². The summed E-state index contributed by atoms with van der Waals surface area (Å²) in [6.07, 6.45) is -0.679. The topological polar surface area (TPSA) is 53.3 Å². The van der Waals surface area contributed by atoms with Crippen LogP contribution >= 0.6 is 11.6 Å². The molecule has 0 radical (unpaired) electrons. The highest BCUT2D eigenvalue weighted by Crippen LogP contribution is 2.29. The third-order valence-corrected chi connectivity index (χ3v) is 3.48. The molecule has 0 bridgehead atoms. The van der Waals surface area contributed by atoms with Crippen LogP contribution in [0, 0.1) is 11.3 Å². The van der Waals surface area contributed by atoms with Crippen molar-refractivity contribution >= 4 is 23.2 Å². The largest absolute Gasteiger partial charge is 0.479 e. The van der Waals surface area contributed by atoms with Crippen LogP contribution in [0.1, 0.15) is 12.0 Å². The Balaban J connectivity index is 2.24. The third-order valence-electron chi connectivity index (χ3n) is 3.12. The number of halogens is 3. The van der Waals surface area contributed by atoms with Gasteiger partial charge in [0.05, 0.1) is 6.54 Å². The highest BCUT2D eigenvalue weighted by Gasteiger charge is 2.31. The average Bonchev–Trinajstić information content (AvgIpc) is 2.50. The second-order valence-corrected chi connectivity index (χ2v) is 5.13. The molecule has 22 heavy (non-hydrogen) atoms. The van der Waals surface area contributed by atoms with Crippen LogP contribution in [0.3, 0.4) is 0 Å². The molecule has 7 heteroatoms. The molecule has 0 saturated carbocycles. The van der Waals surface area contributed by atoms with Crippen molar-refractivity contribution in [3.8, 4) is 11.8 Å². The molecule has 1 amide bonds. The van der Waals surface area contributed by atoms with E-state index in [2.05, 4.69) is 0 Å². The molecule has 116 valence electrons. The number of hydrogen-bond donors (Lipinski definition) is 0.